The van der Waals surface area contributed by atoms with Crippen LogP contribution in [-0.4, -0.2) is 24.7 Å². The Morgan fingerprint density at radius 2 is 2.25 bits per heavy atom. The number of sulfone groups is 1. The van der Waals surface area contributed by atoms with E-state index in [4.69, 9.17) is 5.11 Å². The summed E-state index contributed by atoms with van der Waals surface area (Å²) in [6, 6.07) is 1.73. The molecular formula is C9H11BrO4S2. The molecule has 7 heteroatoms. The van der Waals surface area contributed by atoms with Gasteiger partial charge in [0.1, 0.15) is 0 Å². The van der Waals surface area contributed by atoms with Gasteiger partial charge in [0, 0.05) is 14.7 Å². The molecule has 0 aromatic carbocycles. The van der Waals surface area contributed by atoms with Crippen molar-refractivity contribution in [1.82, 2.24) is 0 Å². The Morgan fingerprint density at radius 1 is 1.62 bits per heavy atom. The highest BCUT2D eigenvalue weighted by atomic mass is 79.9. The lowest BCUT2D eigenvalue weighted by Gasteiger charge is -2.09. The van der Waals surface area contributed by atoms with Crippen molar-refractivity contribution >= 4 is 43.1 Å². The van der Waals surface area contributed by atoms with Crippen LogP contribution < -0.4 is 0 Å². The molecular weight excluding hydrogens is 316 g/mol. The van der Waals surface area contributed by atoms with Gasteiger partial charge in [-0.1, -0.05) is 0 Å². The fourth-order valence-corrected chi connectivity index (χ4v) is 4.30. The minimum Gasteiger partial charge on any atom is -0.481 e. The number of aliphatic carboxylic acids is 1. The van der Waals surface area contributed by atoms with E-state index < -0.39 is 21.1 Å². The van der Waals surface area contributed by atoms with Crippen molar-refractivity contribution in [3.05, 3.63) is 20.8 Å². The van der Waals surface area contributed by atoms with Crippen molar-refractivity contribution in [2.75, 3.05) is 0 Å². The van der Waals surface area contributed by atoms with Crippen LogP contribution in [0.25, 0.3) is 0 Å². The molecule has 1 unspecified atom stereocenters. The summed E-state index contributed by atoms with van der Waals surface area (Å²) in [5, 5.41) is 9.49. The summed E-state index contributed by atoms with van der Waals surface area (Å²) in [6.45, 7) is 1.42. The third-order valence-corrected chi connectivity index (χ3v) is 6.03. The molecule has 0 aliphatic carbocycles. The molecule has 0 aliphatic rings. The SMILES string of the molecule is CC(CC(=O)O)S(=O)(=O)Cc1cc(Br)cs1. The van der Waals surface area contributed by atoms with E-state index in [1.54, 1.807) is 11.4 Å². The molecule has 0 saturated carbocycles. The Labute approximate surface area is 106 Å². The maximum Gasteiger partial charge on any atom is 0.304 e. The zero-order chi connectivity index (χ0) is 12.3. The van der Waals surface area contributed by atoms with Crippen LogP contribution in [0.4, 0.5) is 0 Å². The maximum absolute atomic E-state index is 11.8. The van der Waals surface area contributed by atoms with Crippen molar-refractivity contribution in [3.63, 3.8) is 0 Å². The van der Waals surface area contributed by atoms with E-state index in [1.165, 1.54) is 18.3 Å². The van der Waals surface area contributed by atoms with Crippen LogP contribution in [0.15, 0.2) is 15.9 Å². The normalized spacial score (nSPS) is 13.6. The topological polar surface area (TPSA) is 71.4 Å². The molecule has 0 radical (unpaired) electrons. The summed E-state index contributed by atoms with van der Waals surface area (Å²) in [6.07, 6.45) is -0.352. The lowest BCUT2D eigenvalue weighted by molar-refractivity contribution is -0.136. The van der Waals surface area contributed by atoms with Gasteiger partial charge in [0.15, 0.2) is 9.84 Å². The van der Waals surface area contributed by atoms with Gasteiger partial charge >= 0.3 is 5.97 Å². The number of carbonyl (C=O) groups is 1. The Morgan fingerprint density at radius 3 is 2.69 bits per heavy atom. The van der Waals surface area contributed by atoms with Crippen molar-refractivity contribution < 1.29 is 18.3 Å². The van der Waals surface area contributed by atoms with Crippen LogP contribution in [0.3, 0.4) is 0 Å². The summed E-state index contributed by atoms with van der Waals surface area (Å²) in [4.78, 5) is 11.2. The van der Waals surface area contributed by atoms with E-state index in [-0.39, 0.29) is 12.2 Å². The average Bonchev–Trinajstić information content (AvgIpc) is 2.49. The van der Waals surface area contributed by atoms with Crippen molar-refractivity contribution in [3.8, 4) is 0 Å². The minimum absolute atomic E-state index is 0.0995. The Kier molecular flexibility index (Phi) is 4.52. The van der Waals surface area contributed by atoms with Gasteiger partial charge in [-0.05, 0) is 28.9 Å². The first kappa shape index (κ1) is 13.7. The van der Waals surface area contributed by atoms with Gasteiger partial charge < -0.3 is 5.11 Å². The Balaban J connectivity index is 2.75. The standard InChI is InChI=1S/C9H11BrO4S2/c1-6(2-9(11)12)16(13,14)5-8-3-7(10)4-15-8/h3-4,6H,2,5H2,1H3,(H,11,12). The van der Waals surface area contributed by atoms with Gasteiger partial charge in [-0.25, -0.2) is 8.42 Å². The van der Waals surface area contributed by atoms with E-state index in [2.05, 4.69) is 15.9 Å². The van der Waals surface area contributed by atoms with Crippen LogP contribution in [-0.2, 0) is 20.4 Å². The molecule has 1 aromatic heterocycles. The minimum atomic E-state index is -3.39. The predicted molar refractivity (Wildman–Crippen MR) is 66.4 cm³/mol. The molecule has 0 saturated heterocycles. The summed E-state index contributed by atoms with van der Waals surface area (Å²) >= 11 is 4.58. The van der Waals surface area contributed by atoms with Gasteiger partial charge in [0.25, 0.3) is 0 Å². The van der Waals surface area contributed by atoms with Crippen molar-refractivity contribution in [2.45, 2.75) is 24.3 Å². The molecule has 4 nitrogen and oxygen atoms in total. The molecule has 0 amide bonds. The highest BCUT2D eigenvalue weighted by molar-refractivity contribution is 9.10. The summed E-state index contributed by atoms with van der Waals surface area (Å²) in [5.41, 5.74) is 0. The van der Waals surface area contributed by atoms with E-state index >= 15 is 0 Å². The smallest absolute Gasteiger partial charge is 0.304 e. The Bertz CT molecular complexity index is 477. The monoisotopic (exact) mass is 326 g/mol. The van der Waals surface area contributed by atoms with Crippen LogP contribution >= 0.6 is 27.3 Å². The average molecular weight is 327 g/mol. The molecule has 0 fully saturated rings. The third kappa shape index (κ3) is 3.88. The van der Waals surface area contributed by atoms with Gasteiger partial charge in [0.2, 0.25) is 0 Å². The number of hydrogen-bond acceptors (Lipinski definition) is 4. The quantitative estimate of drug-likeness (QED) is 0.901. The molecule has 1 aromatic rings. The number of hydrogen-bond donors (Lipinski definition) is 1. The molecule has 1 rings (SSSR count). The van der Waals surface area contributed by atoms with E-state index in [1.807, 2.05) is 0 Å². The summed E-state index contributed by atoms with van der Waals surface area (Å²) in [5.74, 6) is -1.19. The number of halogens is 1. The number of carboxylic acids is 1. The number of carboxylic acid groups (broad SMARTS) is 1. The molecule has 1 atom stereocenters. The first-order chi connectivity index (χ1) is 7.31. The van der Waals surface area contributed by atoms with Crippen LogP contribution in [0.2, 0.25) is 0 Å². The van der Waals surface area contributed by atoms with Gasteiger partial charge in [-0.3, -0.25) is 4.79 Å². The van der Waals surface area contributed by atoms with Crippen LogP contribution in [0.1, 0.15) is 18.2 Å². The largest absolute Gasteiger partial charge is 0.481 e. The highest BCUT2D eigenvalue weighted by Gasteiger charge is 2.24. The molecule has 90 valence electrons. The highest BCUT2D eigenvalue weighted by Crippen LogP contribution is 2.23. The number of thiophene rings is 1. The number of rotatable bonds is 5. The molecule has 0 aliphatic heterocycles. The molecule has 0 bridgehead atoms. The van der Waals surface area contributed by atoms with E-state index in [9.17, 15) is 13.2 Å². The third-order valence-electron chi connectivity index (χ3n) is 2.04. The molecule has 1 heterocycles. The van der Waals surface area contributed by atoms with Gasteiger partial charge in [0.05, 0.1) is 17.4 Å². The summed E-state index contributed by atoms with van der Waals surface area (Å²) in [7, 11) is -3.39. The zero-order valence-electron chi connectivity index (χ0n) is 8.51. The summed E-state index contributed by atoms with van der Waals surface area (Å²) < 4.78 is 24.4. The second kappa shape index (κ2) is 5.29. The molecule has 0 spiro atoms. The fraction of sp³-hybridized carbons (Fsp3) is 0.444. The first-order valence-electron chi connectivity index (χ1n) is 4.47. The lowest BCUT2D eigenvalue weighted by Crippen LogP contribution is -2.22. The Hall–Kier alpha value is -0.400. The zero-order valence-corrected chi connectivity index (χ0v) is 11.7. The van der Waals surface area contributed by atoms with Gasteiger partial charge in [-0.2, -0.15) is 0 Å². The van der Waals surface area contributed by atoms with E-state index in [0.29, 0.717) is 4.88 Å². The molecule has 16 heavy (non-hydrogen) atoms. The maximum atomic E-state index is 11.8. The first-order valence-corrected chi connectivity index (χ1v) is 7.86. The predicted octanol–water partition coefficient (Wildman–Crippen LogP) is 2.29. The molecule has 1 N–H and O–H groups in total. The van der Waals surface area contributed by atoms with E-state index in [0.717, 1.165) is 4.47 Å². The lowest BCUT2D eigenvalue weighted by atomic mass is 10.3. The second-order valence-corrected chi connectivity index (χ2v) is 7.78. The van der Waals surface area contributed by atoms with Crippen molar-refractivity contribution in [1.29, 1.82) is 0 Å². The second-order valence-electron chi connectivity index (χ2n) is 3.45. The van der Waals surface area contributed by atoms with Crippen molar-refractivity contribution in [2.24, 2.45) is 0 Å². The van der Waals surface area contributed by atoms with Crippen LogP contribution in [0.5, 0.6) is 0 Å². The van der Waals surface area contributed by atoms with Crippen LogP contribution in [0, 0.1) is 0 Å². The van der Waals surface area contributed by atoms with Gasteiger partial charge in [-0.15, -0.1) is 11.3 Å². The fourth-order valence-electron chi connectivity index (χ4n) is 1.14.